The highest BCUT2D eigenvalue weighted by Crippen LogP contribution is 2.26. The van der Waals surface area contributed by atoms with Gasteiger partial charge >= 0.3 is 0 Å². The molecule has 8 nitrogen and oxygen atoms in total. The van der Waals surface area contributed by atoms with Gasteiger partial charge in [0.15, 0.2) is 0 Å². The number of benzene rings is 1. The third-order valence-corrected chi connectivity index (χ3v) is 4.22. The number of carbonyl (C=O) groups excluding carboxylic acids is 1. The molecule has 2 heterocycles. The summed E-state index contributed by atoms with van der Waals surface area (Å²) in [4.78, 5) is 25.2. The second-order valence-corrected chi connectivity index (χ2v) is 6.85. The highest BCUT2D eigenvalue weighted by atomic mass is 19.1. The maximum atomic E-state index is 13.7. The zero-order chi connectivity index (χ0) is 21.1. The molecule has 0 aliphatic heterocycles. The van der Waals surface area contributed by atoms with Crippen LogP contribution in [0.3, 0.4) is 0 Å². The Labute approximate surface area is 167 Å². The lowest BCUT2D eigenvalue weighted by Gasteiger charge is -2.19. The number of hydrogen-bond donors (Lipinski definition) is 3. The number of anilines is 2. The van der Waals surface area contributed by atoms with E-state index >= 15 is 0 Å². The Hall–Kier alpha value is -3.80. The van der Waals surface area contributed by atoms with Gasteiger partial charge < -0.3 is 16.4 Å². The Balaban J connectivity index is 2.09. The molecule has 0 aliphatic carbocycles. The van der Waals surface area contributed by atoms with Crippen molar-refractivity contribution in [3.63, 3.8) is 0 Å². The van der Waals surface area contributed by atoms with Gasteiger partial charge in [-0.3, -0.25) is 4.79 Å². The highest BCUT2D eigenvalue weighted by molar-refractivity contribution is 5.99. The van der Waals surface area contributed by atoms with E-state index in [0.717, 1.165) is 0 Å². The van der Waals surface area contributed by atoms with Crippen LogP contribution in [0.5, 0.6) is 0 Å². The van der Waals surface area contributed by atoms with E-state index in [1.165, 1.54) is 18.5 Å². The number of halogens is 1. The van der Waals surface area contributed by atoms with E-state index in [-0.39, 0.29) is 29.1 Å². The summed E-state index contributed by atoms with van der Waals surface area (Å²) in [6.45, 7) is 5.47. The lowest BCUT2D eigenvalue weighted by molar-refractivity contribution is 0.0941. The number of amides is 1. The van der Waals surface area contributed by atoms with Crippen molar-refractivity contribution in [1.82, 2.24) is 20.3 Å². The SMILES string of the molecule is CC(C)NC(=O)c1cc2cc(F)ccc2nc1C(C)Nc1ncnc(N)c1C#N. The molecule has 0 spiro atoms. The summed E-state index contributed by atoms with van der Waals surface area (Å²) in [5.41, 5.74) is 7.12. The van der Waals surface area contributed by atoms with Crippen molar-refractivity contribution >= 4 is 28.4 Å². The number of fused-ring (bicyclic) bond motifs is 1. The maximum Gasteiger partial charge on any atom is 0.253 e. The Morgan fingerprint density at radius 2 is 2.00 bits per heavy atom. The van der Waals surface area contributed by atoms with Crippen molar-refractivity contribution in [2.24, 2.45) is 0 Å². The molecular formula is C20H20FN7O. The monoisotopic (exact) mass is 393 g/mol. The summed E-state index contributed by atoms with van der Waals surface area (Å²) in [5, 5.41) is 15.7. The molecule has 0 saturated carbocycles. The van der Waals surface area contributed by atoms with Gasteiger partial charge in [-0.05, 0) is 45.0 Å². The Bertz CT molecular complexity index is 1120. The maximum absolute atomic E-state index is 13.7. The standard InChI is InChI=1S/C20H20FN7O/c1-10(2)26-20(29)14-7-12-6-13(21)4-5-16(12)28-17(14)11(3)27-19-15(8-22)18(23)24-9-25-19/h4-7,9-11H,1-3H3,(H,26,29)(H3,23,24,25,27). The zero-order valence-electron chi connectivity index (χ0n) is 16.2. The lowest BCUT2D eigenvalue weighted by atomic mass is 10.0. The summed E-state index contributed by atoms with van der Waals surface area (Å²) >= 11 is 0. The largest absolute Gasteiger partial charge is 0.382 e. The molecule has 0 fully saturated rings. The van der Waals surface area contributed by atoms with Crippen LogP contribution in [0, 0.1) is 17.1 Å². The third-order valence-electron chi connectivity index (χ3n) is 4.22. The van der Waals surface area contributed by atoms with Crippen molar-refractivity contribution in [3.8, 4) is 6.07 Å². The van der Waals surface area contributed by atoms with Crippen LogP contribution in [0.2, 0.25) is 0 Å². The van der Waals surface area contributed by atoms with Crippen LogP contribution in [0.15, 0.2) is 30.6 Å². The van der Waals surface area contributed by atoms with Crippen LogP contribution in [0.1, 0.15) is 48.4 Å². The topological polar surface area (TPSA) is 130 Å². The van der Waals surface area contributed by atoms with Gasteiger partial charge in [-0.1, -0.05) is 0 Å². The molecule has 0 aliphatic rings. The van der Waals surface area contributed by atoms with Crippen molar-refractivity contribution in [3.05, 3.63) is 53.2 Å². The van der Waals surface area contributed by atoms with Gasteiger partial charge in [-0.25, -0.2) is 19.3 Å². The summed E-state index contributed by atoms with van der Waals surface area (Å²) in [5.74, 6) is -0.450. The van der Waals surface area contributed by atoms with E-state index in [1.807, 2.05) is 19.9 Å². The molecule has 3 aromatic rings. The fraction of sp³-hybridized carbons (Fsp3) is 0.250. The summed E-state index contributed by atoms with van der Waals surface area (Å²) < 4.78 is 13.7. The summed E-state index contributed by atoms with van der Waals surface area (Å²) in [6, 6.07) is 7.17. The number of carbonyl (C=O) groups is 1. The molecule has 1 amide bonds. The second kappa shape index (κ2) is 8.06. The number of pyridine rings is 1. The molecule has 2 aromatic heterocycles. The van der Waals surface area contributed by atoms with Crippen LogP contribution in [0.25, 0.3) is 10.9 Å². The molecule has 1 unspecified atom stereocenters. The number of aromatic nitrogens is 3. The van der Waals surface area contributed by atoms with Gasteiger partial charge in [-0.2, -0.15) is 5.26 Å². The number of nitrogens with zero attached hydrogens (tertiary/aromatic N) is 4. The molecule has 0 bridgehead atoms. The Morgan fingerprint density at radius 1 is 1.24 bits per heavy atom. The quantitative estimate of drug-likeness (QED) is 0.607. The van der Waals surface area contributed by atoms with Crippen LogP contribution in [-0.4, -0.2) is 26.9 Å². The van der Waals surface area contributed by atoms with Gasteiger partial charge in [0, 0.05) is 11.4 Å². The number of nitriles is 1. The van der Waals surface area contributed by atoms with Crippen LogP contribution in [0.4, 0.5) is 16.0 Å². The average Bonchev–Trinajstić information content (AvgIpc) is 2.66. The fourth-order valence-electron chi connectivity index (χ4n) is 2.91. The van der Waals surface area contributed by atoms with Gasteiger partial charge in [-0.15, -0.1) is 0 Å². The van der Waals surface area contributed by atoms with E-state index < -0.39 is 11.9 Å². The molecule has 148 valence electrons. The van der Waals surface area contributed by atoms with Crippen LogP contribution >= 0.6 is 0 Å². The van der Waals surface area contributed by atoms with Crippen molar-refractivity contribution in [2.45, 2.75) is 32.9 Å². The minimum Gasteiger partial charge on any atom is -0.382 e. The van der Waals surface area contributed by atoms with E-state index in [4.69, 9.17) is 5.73 Å². The number of rotatable bonds is 5. The molecule has 0 saturated heterocycles. The van der Waals surface area contributed by atoms with E-state index in [1.54, 1.807) is 19.1 Å². The highest BCUT2D eigenvalue weighted by Gasteiger charge is 2.21. The fourth-order valence-corrected chi connectivity index (χ4v) is 2.91. The smallest absolute Gasteiger partial charge is 0.253 e. The van der Waals surface area contributed by atoms with Gasteiger partial charge in [0.05, 0.1) is 22.8 Å². The van der Waals surface area contributed by atoms with Crippen molar-refractivity contribution in [1.29, 1.82) is 5.26 Å². The second-order valence-electron chi connectivity index (χ2n) is 6.85. The predicted molar refractivity (Wildman–Crippen MR) is 108 cm³/mol. The Kier molecular flexibility index (Phi) is 5.54. The first-order valence-electron chi connectivity index (χ1n) is 8.98. The van der Waals surface area contributed by atoms with E-state index in [2.05, 4.69) is 25.6 Å². The van der Waals surface area contributed by atoms with Crippen LogP contribution in [-0.2, 0) is 0 Å². The molecule has 3 rings (SSSR count). The number of nitrogen functional groups attached to an aromatic ring is 1. The number of nitrogens with one attached hydrogen (secondary N) is 2. The first-order valence-corrected chi connectivity index (χ1v) is 8.98. The van der Waals surface area contributed by atoms with Crippen molar-refractivity contribution in [2.75, 3.05) is 11.1 Å². The number of hydrogen-bond acceptors (Lipinski definition) is 7. The van der Waals surface area contributed by atoms with E-state index in [9.17, 15) is 14.4 Å². The minimum absolute atomic E-state index is 0.0527. The average molecular weight is 393 g/mol. The van der Waals surface area contributed by atoms with Gasteiger partial charge in [0.2, 0.25) is 0 Å². The number of nitrogens with two attached hydrogens (primary N) is 1. The molecule has 4 N–H and O–H groups in total. The lowest BCUT2D eigenvalue weighted by Crippen LogP contribution is -2.31. The predicted octanol–water partition coefficient (Wildman–Crippen LogP) is 2.93. The first kappa shape index (κ1) is 19.9. The Morgan fingerprint density at radius 3 is 2.69 bits per heavy atom. The molecule has 9 heteroatoms. The van der Waals surface area contributed by atoms with Gasteiger partial charge in [0.25, 0.3) is 5.91 Å². The summed E-state index contributed by atoms with van der Waals surface area (Å²) in [6.07, 6.45) is 1.24. The molecule has 1 aromatic carbocycles. The van der Waals surface area contributed by atoms with Crippen molar-refractivity contribution < 1.29 is 9.18 Å². The first-order chi connectivity index (χ1) is 13.8. The minimum atomic E-state index is -0.501. The molecular weight excluding hydrogens is 373 g/mol. The van der Waals surface area contributed by atoms with Crippen LogP contribution < -0.4 is 16.4 Å². The molecule has 29 heavy (non-hydrogen) atoms. The molecule has 0 radical (unpaired) electrons. The zero-order valence-corrected chi connectivity index (χ0v) is 16.2. The normalized spacial score (nSPS) is 11.9. The molecule has 1 atom stereocenters. The van der Waals surface area contributed by atoms with E-state index in [0.29, 0.717) is 22.2 Å². The summed E-state index contributed by atoms with van der Waals surface area (Å²) in [7, 11) is 0. The van der Waals surface area contributed by atoms with Gasteiger partial charge in [0.1, 0.15) is 35.4 Å². The third kappa shape index (κ3) is 4.21.